The largest absolute Gasteiger partial charge is 0.347 e. The fourth-order valence-electron chi connectivity index (χ4n) is 4.33. The SMILES string of the molecule is CC(C)Cc1cc(C(=O)N[C@@H]2CCCN(C3CCN(C)CC3)C2)n(C)n1. The molecule has 3 heterocycles. The number of amides is 1. The van der Waals surface area contributed by atoms with Gasteiger partial charge < -0.3 is 10.2 Å². The minimum Gasteiger partial charge on any atom is -0.347 e. The van der Waals surface area contributed by atoms with E-state index in [4.69, 9.17) is 0 Å². The lowest BCUT2D eigenvalue weighted by molar-refractivity contribution is 0.0760. The lowest BCUT2D eigenvalue weighted by Crippen LogP contribution is -2.53. The van der Waals surface area contributed by atoms with Crippen molar-refractivity contribution in [2.75, 3.05) is 33.2 Å². The first-order valence-corrected chi connectivity index (χ1v) is 10.2. The Morgan fingerprint density at radius 1 is 1.23 bits per heavy atom. The Labute approximate surface area is 157 Å². The van der Waals surface area contributed by atoms with Crippen LogP contribution in [0.1, 0.15) is 55.7 Å². The molecule has 1 aromatic rings. The molecule has 0 radical (unpaired) electrons. The normalized spacial score (nSPS) is 23.5. The van der Waals surface area contributed by atoms with E-state index in [1.807, 2.05) is 13.1 Å². The second-order valence-electron chi connectivity index (χ2n) is 8.58. The molecule has 2 aliphatic rings. The molecule has 2 saturated heterocycles. The summed E-state index contributed by atoms with van der Waals surface area (Å²) in [4.78, 5) is 17.8. The molecule has 3 rings (SSSR count). The van der Waals surface area contributed by atoms with Crippen LogP contribution in [0.3, 0.4) is 0 Å². The van der Waals surface area contributed by atoms with Crippen molar-refractivity contribution in [2.24, 2.45) is 13.0 Å². The minimum absolute atomic E-state index is 0.0187. The third-order valence-corrected chi connectivity index (χ3v) is 5.77. The van der Waals surface area contributed by atoms with E-state index in [0.29, 0.717) is 17.7 Å². The molecule has 0 aromatic carbocycles. The number of piperidine rings is 2. The molecule has 0 spiro atoms. The van der Waals surface area contributed by atoms with Crippen LogP contribution in [-0.2, 0) is 13.5 Å². The van der Waals surface area contributed by atoms with E-state index in [9.17, 15) is 4.79 Å². The van der Waals surface area contributed by atoms with E-state index in [1.165, 1.54) is 38.9 Å². The molecule has 1 aromatic heterocycles. The number of hydrogen-bond acceptors (Lipinski definition) is 4. The van der Waals surface area contributed by atoms with Crippen LogP contribution in [0.5, 0.6) is 0 Å². The topological polar surface area (TPSA) is 53.4 Å². The average Bonchev–Trinajstić information content (AvgIpc) is 2.95. The molecule has 0 aliphatic carbocycles. The van der Waals surface area contributed by atoms with Gasteiger partial charge in [0.15, 0.2) is 0 Å². The summed E-state index contributed by atoms with van der Waals surface area (Å²) in [5, 5.41) is 7.77. The van der Waals surface area contributed by atoms with Crippen LogP contribution in [0.25, 0.3) is 0 Å². The van der Waals surface area contributed by atoms with Gasteiger partial charge in [-0.2, -0.15) is 5.10 Å². The smallest absolute Gasteiger partial charge is 0.269 e. The molecule has 1 N–H and O–H groups in total. The maximum atomic E-state index is 12.8. The third-order valence-electron chi connectivity index (χ3n) is 5.77. The van der Waals surface area contributed by atoms with E-state index >= 15 is 0 Å². The van der Waals surface area contributed by atoms with Gasteiger partial charge in [-0.3, -0.25) is 14.4 Å². The van der Waals surface area contributed by atoms with Gasteiger partial charge in [-0.05, 0) is 70.8 Å². The summed E-state index contributed by atoms with van der Waals surface area (Å²) in [7, 11) is 4.07. The Morgan fingerprint density at radius 3 is 2.65 bits per heavy atom. The molecule has 1 amide bonds. The number of carbonyl (C=O) groups is 1. The molecule has 0 unspecified atom stereocenters. The van der Waals surface area contributed by atoms with Crippen molar-refractivity contribution < 1.29 is 4.79 Å². The lowest BCUT2D eigenvalue weighted by atomic mass is 9.98. The molecular weight excluding hydrogens is 326 g/mol. The fourth-order valence-corrected chi connectivity index (χ4v) is 4.33. The van der Waals surface area contributed by atoms with Crippen LogP contribution in [-0.4, -0.2) is 70.8 Å². The Bertz CT molecular complexity index is 603. The van der Waals surface area contributed by atoms with Crippen molar-refractivity contribution in [1.29, 1.82) is 0 Å². The number of carbonyl (C=O) groups excluding carboxylic acids is 1. The number of nitrogens with zero attached hydrogens (tertiary/aromatic N) is 4. The number of aryl methyl sites for hydroxylation is 1. The first kappa shape index (κ1) is 19.4. The van der Waals surface area contributed by atoms with Crippen LogP contribution in [0.4, 0.5) is 0 Å². The van der Waals surface area contributed by atoms with Gasteiger partial charge in [0, 0.05) is 25.7 Å². The molecule has 0 bridgehead atoms. The zero-order valence-corrected chi connectivity index (χ0v) is 16.9. The Kier molecular flexibility index (Phi) is 6.35. The van der Waals surface area contributed by atoms with Crippen LogP contribution in [0.2, 0.25) is 0 Å². The Hall–Kier alpha value is -1.40. The molecule has 2 aliphatic heterocycles. The number of nitrogens with one attached hydrogen (secondary N) is 1. The zero-order valence-electron chi connectivity index (χ0n) is 16.9. The second kappa shape index (κ2) is 8.53. The van der Waals surface area contributed by atoms with Crippen LogP contribution >= 0.6 is 0 Å². The van der Waals surface area contributed by atoms with Gasteiger partial charge in [0.25, 0.3) is 5.91 Å². The Morgan fingerprint density at radius 2 is 1.96 bits per heavy atom. The third kappa shape index (κ3) is 4.86. The number of likely N-dealkylation sites (tertiary alicyclic amines) is 2. The molecule has 0 saturated carbocycles. The van der Waals surface area contributed by atoms with Gasteiger partial charge in [0.05, 0.1) is 5.69 Å². The summed E-state index contributed by atoms with van der Waals surface area (Å²) >= 11 is 0. The van der Waals surface area contributed by atoms with Crippen molar-refractivity contribution in [1.82, 2.24) is 24.9 Å². The van der Waals surface area contributed by atoms with Gasteiger partial charge in [0.2, 0.25) is 0 Å². The average molecular weight is 362 g/mol. The standard InChI is InChI=1S/C20H35N5O/c1-15(2)12-17-13-19(24(4)22-17)20(26)21-16-6-5-9-25(14-16)18-7-10-23(3)11-8-18/h13,15-16,18H,5-12,14H2,1-4H3,(H,21,26)/t16-/m1/s1. The summed E-state index contributed by atoms with van der Waals surface area (Å²) in [5.41, 5.74) is 1.68. The van der Waals surface area contributed by atoms with Crippen molar-refractivity contribution >= 4 is 5.91 Å². The summed E-state index contributed by atoms with van der Waals surface area (Å²) in [6.45, 7) is 8.88. The van der Waals surface area contributed by atoms with E-state index in [1.54, 1.807) is 4.68 Å². The highest BCUT2D eigenvalue weighted by molar-refractivity contribution is 5.92. The summed E-state index contributed by atoms with van der Waals surface area (Å²) < 4.78 is 1.73. The zero-order chi connectivity index (χ0) is 18.7. The van der Waals surface area contributed by atoms with Crippen molar-refractivity contribution in [3.05, 3.63) is 17.5 Å². The second-order valence-corrected chi connectivity index (χ2v) is 8.58. The maximum absolute atomic E-state index is 12.8. The monoisotopic (exact) mass is 361 g/mol. The predicted octanol–water partition coefficient (Wildman–Crippen LogP) is 1.91. The predicted molar refractivity (Wildman–Crippen MR) is 104 cm³/mol. The molecule has 1 atom stereocenters. The van der Waals surface area contributed by atoms with E-state index in [-0.39, 0.29) is 11.9 Å². The molecule has 26 heavy (non-hydrogen) atoms. The van der Waals surface area contributed by atoms with Gasteiger partial charge >= 0.3 is 0 Å². The summed E-state index contributed by atoms with van der Waals surface area (Å²) in [6.07, 6.45) is 5.65. The van der Waals surface area contributed by atoms with Crippen LogP contribution in [0, 0.1) is 5.92 Å². The highest BCUT2D eigenvalue weighted by atomic mass is 16.2. The number of hydrogen-bond donors (Lipinski definition) is 1. The summed E-state index contributed by atoms with van der Waals surface area (Å²) in [6, 6.07) is 2.88. The molecule has 146 valence electrons. The van der Waals surface area contributed by atoms with Gasteiger partial charge in [-0.1, -0.05) is 13.8 Å². The number of aromatic nitrogens is 2. The first-order chi connectivity index (χ1) is 12.4. The molecular formula is C20H35N5O. The van der Waals surface area contributed by atoms with E-state index in [2.05, 4.69) is 41.1 Å². The Balaban J connectivity index is 1.56. The van der Waals surface area contributed by atoms with Gasteiger partial charge in [-0.25, -0.2) is 0 Å². The van der Waals surface area contributed by atoms with Crippen molar-refractivity contribution in [2.45, 2.75) is 58.0 Å². The van der Waals surface area contributed by atoms with Gasteiger partial charge in [-0.15, -0.1) is 0 Å². The highest BCUT2D eigenvalue weighted by Crippen LogP contribution is 2.21. The maximum Gasteiger partial charge on any atom is 0.269 e. The van der Waals surface area contributed by atoms with Crippen molar-refractivity contribution in [3.63, 3.8) is 0 Å². The van der Waals surface area contributed by atoms with Crippen molar-refractivity contribution in [3.8, 4) is 0 Å². The number of rotatable bonds is 5. The fraction of sp³-hybridized carbons (Fsp3) is 0.800. The minimum atomic E-state index is 0.0187. The first-order valence-electron chi connectivity index (χ1n) is 10.2. The van der Waals surface area contributed by atoms with Crippen LogP contribution < -0.4 is 5.32 Å². The quantitative estimate of drug-likeness (QED) is 0.870. The lowest BCUT2D eigenvalue weighted by Gasteiger charge is -2.41. The molecule has 6 heteroatoms. The molecule has 6 nitrogen and oxygen atoms in total. The van der Waals surface area contributed by atoms with E-state index in [0.717, 1.165) is 25.1 Å². The summed E-state index contributed by atoms with van der Waals surface area (Å²) in [5.74, 6) is 0.562. The van der Waals surface area contributed by atoms with E-state index < -0.39 is 0 Å². The van der Waals surface area contributed by atoms with Crippen LogP contribution in [0.15, 0.2) is 6.07 Å². The molecule has 2 fully saturated rings. The highest BCUT2D eigenvalue weighted by Gasteiger charge is 2.29. The van der Waals surface area contributed by atoms with Gasteiger partial charge in [0.1, 0.15) is 5.69 Å².